The molecule has 1 N–H and O–H groups in total. The predicted molar refractivity (Wildman–Crippen MR) is 107 cm³/mol. The Balaban J connectivity index is 1.96. The van der Waals surface area contributed by atoms with E-state index in [1.807, 2.05) is 56.3 Å². The molecule has 2 aromatic rings. The SMILES string of the molecule is CCOc1ccc(CN(CC)CC(=O)Nc2ccc(OC)cc2)cc1OC. The van der Waals surface area contributed by atoms with E-state index in [4.69, 9.17) is 14.2 Å². The van der Waals surface area contributed by atoms with Crippen LogP contribution >= 0.6 is 0 Å². The Morgan fingerprint density at radius 2 is 1.74 bits per heavy atom. The third kappa shape index (κ3) is 6.18. The molecule has 1 amide bonds. The number of benzene rings is 2. The molecule has 6 nitrogen and oxygen atoms in total. The van der Waals surface area contributed by atoms with Gasteiger partial charge in [-0.3, -0.25) is 9.69 Å². The van der Waals surface area contributed by atoms with Gasteiger partial charge in [-0.1, -0.05) is 13.0 Å². The van der Waals surface area contributed by atoms with E-state index >= 15 is 0 Å². The molecule has 0 radical (unpaired) electrons. The summed E-state index contributed by atoms with van der Waals surface area (Å²) in [5, 5.41) is 2.91. The first-order chi connectivity index (χ1) is 13.1. The van der Waals surface area contributed by atoms with Gasteiger partial charge < -0.3 is 19.5 Å². The topological polar surface area (TPSA) is 60.0 Å². The highest BCUT2D eigenvalue weighted by Gasteiger charge is 2.12. The van der Waals surface area contributed by atoms with Crippen LogP contribution in [0.5, 0.6) is 17.2 Å². The van der Waals surface area contributed by atoms with Crippen LogP contribution in [0.3, 0.4) is 0 Å². The van der Waals surface area contributed by atoms with Crippen molar-refractivity contribution in [3.05, 3.63) is 48.0 Å². The second-order valence-corrected chi connectivity index (χ2v) is 6.00. The van der Waals surface area contributed by atoms with Crippen molar-refractivity contribution in [2.45, 2.75) is 20.4 Å². The minimum absolute atomic E-state index is 0.0556. The van der Waals surface area contributed by atoms with Crippen molar-refractivity contribution in [1.29, 1.82) is 0 Å². The number of likely N-dealkylation sites (N-methyl/N-ethyl adjacent to an activating group) is 1. The standard InChI is InChI=1S/C21H28N2O4/c1-5-23(14-16-7-12-19(27-6-2)20(13-16)26-4)15-21(24)22-17-8-10-18(25-3)11-9-17/h7-13H,5-6,14-15H2,1-4H3,(H,22,24). The number of ether oxygens (including phenoxy) is 3. The molecule has 0 spiro atoms. The van der Waals surface area contributed by atoms with Crippen LogP contribution in [-0.4, -0.2) is 44.7 Å². The summed E-state index contributed by atoms with van der Waals surface area (Å²) < 4.78 is 16.1. The van der Waals surface area contributed by atoms with Crippen LogP contribution in [0, 0.1) is 0 Å². The van der Waals surface area contributed by atoms with Crippen LogP contribution in [0.15, 0.2) is 42.5 Å². The monoisotopic (exact) mass is 372 g/mol. The first-order valence-electron chi connectivity index (χ1n) is 9.05. The molecule has 0 unspecified atom stereocenters. The average molecular weight is 372 g/mol. The molecule has 0 bridgehead atoms. The number of nitrogens with zero attached hydrogens (tertiary/aromatic N) is 1. The Morgan fingerprint density at radius 3 is 2.33 bits per heavy atom. The number of rotatable bonds is 10. The van der Waals surface area contributed by atoms with Gasteiger partial charge in [0, 0.05) is 12.2 Å². The van der Waals surface area contributed by atoms with E-state index in [-0.39, 0.29) is 5.91 Å². The molecular weight excluding hydrogens is 344 g/mol. The molecular formula is C21H28N2O4. The number of anilines is 1. The molecule has 6 heteroatoms. The highest BCUT2D eigenvalue weighted by molar-refractivity contribution is 5.92. The maximum Gasteiger partial charge on any atom is 0.238 e. The first kappa shape index (κ1) is 20.6. The highest BCUT2D eigenvalue weighted by Crippen LogP contribution is 2.28. The Labute approximate surface area is 161 Å². The van der Waals surface area contributed by atoms with Crippen LogP contribution in [-0.2, 0) is 11.3 Å². The van der Waals surface area contributed by atoms with Crippen LogP contribution in [0.25, 0.3) is 0 Å². The summed E-state index contributed by atoms with van der Waals surface area (Å²) in [7, 11) is 3.24. The van der Waals surface area contributed by atoms with Crippen molar-refractivity contribution in [2.75, 3.05) is 39.2 Å². The molecule has 0 heterocycles. The predicted octanol–water partition coefficient (Wildman–Crippen LogP) is 3.56. The van der Waals surface area contributed by atoms with Crippen molar-refractivity contribution < 1.29 is 19.0 Å². The average Bonchev–Trinajstić information content (AvgIpc) is 2.69. The van der Waals surface area contributed by atoms with Gasteiger partial charge in [-0.2, -0.15) is 0 Å². The number of nitrogens with one attached hydrogen (secondary N) is 1. The second kappa shape index (κ2) is 10.4. The summed E-state index contributed by atoms with van der Waals surface area (Å²) >= 11 is 0. The molecule has 0 aliphatic heterocycles. The van der Waals surface area contributed by atoms with Gasteiger partial charge in [0.2, 0.25) is 5.91 Å². The van der Waals surface area contributed by atoms with Gasteiger partial charge >= 0.3 is 0 Å². The molecule has 146 valence electrons. The Bertz CT molecular complexity index is 731. The van der Waals surface area contributed by atoms with Gasteiger partial charge in [0.25, 0.3) is 0 Å². The van der Waals surface area contributed by atoms with Crippen molar-refractivity contribution >= 4 is 11.6 Å². The van der Waals surface area contributed by atoms with Gasteiger partial charge in [0.05, 0.1) is 27.4 Å². The van der Waals surface area contributed by atoms with E-state index < -0.39 is 0 Å². The Hall–Kier alpha value is -2.73. The lowest BCUT2D eigenvalue weighted by molar-refractivity contribution is -0.117. The second-order valence-electron chi connectivity index (χ2n) is 6.00. The number of methoxy groups -OCH3 is 2. The molecule has 0 atom stereocenters. The third-order valence-electron chi connectivity index (χ3n) is 4.12. The maximum atomic E-state index is 12.4. The fourth-order valence-electron chi connectivity index (χ4n) is 2.70. The van der Waals surface area contributed by atoms with Crippen LogP contribution < -0.4 is 19.5 Å². The zero-order valence-electron chi connectivity index (χ0n) is 16.5. The number of hydrogen-bond acceptors (Lipinski definition) is 5. The van der Waals surface area contributed by atoms with Crippen molar-refractivity contribution in [2.24, 2.45) is 0 Å². The molecule has 0 aliphatic carbocycles. The number of amides is 1. The summed E-state index contributed by atoms with van der Waals surface area (Å²) in [6.07, 6.45) is 0. The normalized spacial score (nSPS) is 10.6. The van der Waals surface area contributed by atoms with Crippen molar-refractivity contribution in [1.82, 2.24) is 4.90 Å². The Morgan fingerprint density at radius 1 is 1.00 bits per heavy atom. The lowest BCUT2D eigenvalue weighted by Gasteiger charge is -2.21. The molecule has 0 saturated carbocycles. The fourth-order valence-corrected chi connectivity index (χ4v) is 2.70. The molecule has 2 aromatic carbocycles. The summed E-state index contributed by atoms with van der Waals surface area (Å²) in [5.74, 6) is 2.13. The smallest absolute Gasteiger partial charge is 0.238 e. The van der Waals surface area contributed by atoms with E-state index in [1.165, 1.54) is 0 Å². The molecule has 0 fully saturated rings. The maximum absolute atomic E-state index is 12.4. The van der Waals surface area contributed by atoms with Crippen molar-refractivity contribution in [3.8, 4) is 17.2 Å². The van der Waals surface area contributed by atoms with Crippen LogP contribution in [0.2, 0.25) is 0 Å². The molecule has 27 heavy (non-hydrogen) atoms. The summed E-state index contributed by atoms with van der Waals surface area (Å²) in [4.78, 5) is 14.4. The van der Waals surface area contributed by atoms with Crippen LogP contribution in [0.1, 0.15) is 19.4 Å². The summed E-state index contributed by atoms with van der Waals surface area (Å²) in [5.41, 5.74) is 1.81. The van der Waals surface area contributed by atoms with Gasteiger partial charge in [0.1, 0.15) is 5.75 Å². The van der Waals surface area contributed by atoms with Gasteiger partial charge in [-0.25, -0.2) is 0 Å². The molecule has 2 rings (SSSR count). The van der Waals surface area contributed by atoms with E-state index in [2.05, 4.69) is 10.2 Å². The Kier molecular flexibility index (Phi) is 7.95. The molecule has 0 aliphatic rings. The summed E-state index contributed by atoms with van der Waals surface area (Å²) in [6, 6.07) is 13.1. The molecule has 0 saturated heterocycles. The minimum atomic E-state index is -0.0556. The number of hydrogen-bond donors (Lipinski definition) is 1. The summed E-state index contributed by atoms with van der Waals surface area (Å²) in [6.45, 7) is 6.27. The lowest BCUT2D eigenvalue weighted by Crippen LogP contribution is -2.32. The largest absolute Gasteiger partial charge is 0.497 e. The third-order valence-corrected chi connectivity index (χ3v) is 4.12. The quantitative estimate of drug-likeness (QED) is 0.691. The van der Waals surface area contributed by atoms with Gasteiger partial charge in [-0.15, -0.1) is 0 Å². The lowest BCUT2D eigenvalue weighted by atomic mass is 10.2. The van der Waals surface area contributed by atoms with Gasteiger partial charge in [0.15, 0.2) is 11.5 Å². The zero-order valence-corrected chi connectivity index (χ0v) is 16.5. The van der Waals surface area contributed by atoms with E-state index in [0.29, 0.717) is 25.4 Å². The highest BCUT2D eigenvalue weighted by atomic mass is 16.5. The van der Waals surface area contributed by atoms with Crippen molar-refractivity contribution in [3.63, 3.8) is 0 Å². The number of carbonyl (C=O) groups excluding carboxylic acids is 1. The minimum Gasteiger partial charge on any atom is -0.497 e. The van der Waals surface area contributed by atoms with E-state index in [0.717, 1.165) is 29.3 Å². The van der Waals surface area contributed by atoms with E-state index in [1.54, 1.807) is 14.2 Å². The first-order valence-corrected chi connectivity index (χ1v) is 9.05. The zero-order chi connectivity index (χ0) is 19.6. The van der Waals surface area contributed by atoms with Crippen LogP contribution in [0.4, 0.5) is 5.69 Å². The fraction of sp³-hybridized carbons (Fsp3) is 0.381. The van der Waals surface area contributed by atoms with E-state index in [9.17, 15) is 4.79 Å². The van der Waals surface area contributed by atoms with Gasteiger partial charge in [-0.05, 0) is 55.4 Å². The number of carbonyl (C=O) groups is 1. The molecule has 0 aromatic heterocycles.